The summed E-state index contributed by atoms with van der Waals surface area (Å²) in [7, 11) is -3.06. The first kappa shape index (κ1) is 12.8. The molecule has 5 nitrogen and oxygen atoms in total. The van der Waals surface area contributed by atoms with Gasteiger partial charge in [0.2, 0.25) is 5.91 Å². The Balaban J connectivity index is 2.22. The average molecular weight is 261 g/mol. The van der Waals surface area contributed by atoms with Crippen molar-refractivity contribution < 1.29 is 17.9 Å². The summed E-state index contributed by atoms with van der Waals surface area (Å²) < 4.78 is 28.7. The fraction of sp³-hybridized carbons (Fsp3) is 0.909. The lowest BCUT2D eigenvalue weighted by atomic mass is 9.93. The number of hydrogen-bond donors (Lipinski definition) is 0. The average Bonchev–Trinajstić information content (AvgIpc) is 2.48. The number of nitrogens with zero attached hydrogens (tertiary/aromatic N) is 1. The van der Waals surface area contributed by atoms with Gasteiger partial charge in [-0.05, 0) is 0 Å². The van der Waals surface area contributed by atoms with Crippen LogP contribution in [0, 0.1) is 5.41 Å². The van der Waals surface area contributed by atoms with Gasteiger partial charge in [-0.3, -0.25) is 4.79 Å². The molecule has 0 aromatic heterocycles. The fourth-order valence-corrected chi connectivity index (χ4v) is 4.27. The number of morpholine rings is 1. The lowest BCUT2D eigenvalue weighted by Crippen LogP contribution is -2.55. The van der Waals surface area contributed by atoms with E-state index in [2.05, 4.69) is 0 Å². The molecule has 2 heterocycles. The first-order valence-corrected chi connectivity index (χ1v) is 7.66. The Kier molecular flexibility index (Phi) is 2.98. The van der Waals surface area contributed by atoms with Gasteiger partial charge >= 0.3 is 0 Å². The maximum absolute atomic E-state index is 12.2. The van der Waals surface area contributed by atoms with Crippen LogP contribution in [-0.4, -0.2) is 56.0 Å². The molecule has 17 heavy (non-hydrogen) atoms. The molecule has 98 valence electrons. The van der Waals surface area contributed by atoms with Crippen molar-refractivity contribution in [3.63, 3.8) is 0 Å². The topological polar surface area (TPSA) is 63.7 Å². The Morgan fingerprint density at radius 1 is 1.29 bits per heavy atom. The van der Waals surface area contributed by atoms with Crippen molar-refractivity contribution in [3.8, 4) is 0 Å². The minimum atomic E-state index is -3.06. The van der Waals surface area contributed by atoms with Crippen molar-refractivity contribution in [2.24, 2.45) is 5.41 Å². The van der Waals surface area contributed by atoms with Gasteiger partial charge < -0.3 is 9.64 Å². The van der Waals surface area contributed by atoms with Crippen LogP contribution < -0.4 is 0 Å². The van der Waals surface area contributed by atoms with Gasteiger partial charge in [0.05, 0.1) is 30.3 Å². The Morgan fingerprint density at radius 2 is 1.94 bits per heavy atom. The van der Waals surface area contributed by atoms with E-state index >= 15 is 0 Å². The monoisotopic (exact) mass is 261 g/mol. The third-order valence-electron chi connectivity index (χ3n) is 3.24. The molecule has 6 heteroatoms. The molecule has 2 aliphatic heterocycles. The second-order valence-corrected chi connectivity index (χ2v) is 7.96. The molecule has 0 saturated carbocycles. The molecule has 0 aromatic rings. The molecule has 0 spiro atoms. The summed E-state index contributed by atoms with van der Waals surface area (Å²) in [4.78, 5) is 13.9. The zero-order chi connectivity index (χ0) is 12.8. The predicted molar refractivity (Wildman–Crippen MR) is 63.3 cm³/mol. The standard InChI is InChI=1S/C11H19NO4S/c1-11(2,3)10(13)12-4-5-16-9-7-17(14,15)6-8(9)12/h8-9H,4-7H2,1-3H3. The predicted octanol–water partition coefficient (Wildman–Crippen LogP) is 0.0569. The Bertz CT molecular complexity index is 423. The number of hydrogen-bond acceptors (Lipinski definition) is 4. The summed E-state index contributed by atoms with van der Waals surface area (Å²) in [6, 6.07) is -0.291. The molecule has 1 amide bonds. The van der Waals surface area contributed by atoms with Gasteiger partial charge in [-0.15, -0.1) is 0 Å². The normalized spacial score (nSPS) is 32.3. The Morgan fingerprint density at radius 3 is 2.53 bits per heavy atom. The van der Waals surface area contributed by atoms with Gasteiger partial charge in [0.25, 0.3) is 0 Å². The van der Waals surface area contributed by atoms with Crippen LogP contribution in [0.15, 0.2) is 0 Å². The van der Waals surface area contributed by atoms with Crippen molar-refractivity contribution in [2.45, 2.75) is 32.9 Å². The van der Waals surface area contributed by atoms with Crippen molar-refractivity contribution in [1.29, 1.82) is 0 Å². The molecular formula is C11H19NO4S. The molecule has 2 rings (SSSR count). The molecule has 0 bridgehead atoms. The SMILES string of the molecule is CC(C)(C)C(=O)N1CCOC2CS(=O)(=O)CC21. The summed E-state index contributed by atoms with van der Waals surface area (Å²) in [5.74, 6) is 0.0957. The van der Waals surface area contributed by atoms with E-state index in [-0.39, 0.29) is 29.6 Å². The van der Waals surface area contributed by atoms with Crippen LogP contribution in [0.2, 0.25) is 0 Å². The van der Waals surface area contributed by atoms with E-state index in [4.69, 9.17) is 4.74 Å². The molecule has 0 N–H and O–H groups in total. The smallest absolute Gasteiger partial charge is 0.228 e. The number of carbonyl (C=O) groups is 1. The van der Waals surface area contributed by atoms with Gasteiger partial charge in [0.15, 0.2) is 9.84 Å². The molecule has 0 aliphatic carbocycles. The highest BCUT2D eigenvalue weighted by molar-refractivity contribution is 7.91. The lowest BCUT2D eigenvalue weighted by Gasteiger charge is -2.39. The van der Waals surface area contributed by atoms with E-state index in [0.717, 1.165) is 0 Å². The molecular weight excluding hydrogens is 242 g/mol. The zero-order valence-electron chi connectivity index (χ0n) is 10.5. The zero-order valence-corrected chi connectivity index (χ0v) is 11.3. The van der Waals surface area contributed by atoms with Crippen molar-refractivity contribution in [3.05, 3.63) is 0 Å². The largest absolute Gasteiger partial charge is 0.373 e. The van der Waals surface area contributed by atoms with Gasteiger partial charge in [-0.1, -0.05) is 20.8 Å². The van der Waals surface area contributed by atoms with Crippen LogP contribution >= 0.6 is 0 Å². The Labute approximate surface area is 102 Å². The maximum Gasteiger partial charge on any atom is 0.228 e. The second kappa shape index (κ2) is 3.95. The second-order valence-electron chi connectivity index (χ2n) is 5.80. The summed E-state index contributed by atoms with van der Waals surface area (Å²) in [5, 5.41) is 0. The van der Waals surface area contributed by atoms with Crippen LogP contribution in [-0.2, 0) is 19.4 Å². The highest BCUT2D eigenvalue weighted by Crippen LogP contribution is 2.28. The minimum absolute atomic E-state index is 0.00731. The minimum Gasteiger partial charge on any atom is -0.373 e. The van der Waals surface area contributed by atoms with E-state index in [1.165, 1.54) is 0 Å². The number of sulfone groups is 1. The molecule has 2 aliphatic rings. The first-order valence-electron chi connectivity index (χ1n) is 5.84. The van der Waals surface area contributed by atoms with Crippen molar-refractivity contribution >= 4 is 15.7 Å². The highest BCUT2D eigenvalue weighted by Gasteiger charge is 2.47. The fourth-order valence-electron chi connectivity index (χ4n) is 2.40. The summed E-state index contributed by atoms with van der Waals surface area (Å²) >= 11 is 0. The molecule has 0 aromatic carbocycles. The Hall–Kier alpha value is -0.620. The van der Waals surface area contributed by atoms with Crippen molar-refractivity contribution in [2.75, 3.05) is 24.7 Å². The number of ether oxygens (including phenoxy) is 1. The number of fused-ring (bicyclic) bond motifs is 1. The van der Waals surface area contributed by atoms with E-state index in [1.54, 1.807) is 4.90 Å². The van der Waals surface area contributed by atoms with E-state index in [0.29, 0.717) is 13.2 Å². The lowest BCUT2D eigenvalue weighted by molar-refractivity contribution is -0.151. The molecule has 0 radical (unpaired) electrons. The van der Waals surface area contributed by atoms with E-state index in [9.17, 15) is 13.2 Å². The third kappa shape index (κ3) is 2.47. The van der Waals surface area contributed by atoms with E-state index < -0.39 is 15.3 Å². The van der Waals surface area contributed by atoms with Gasteiger partial charge in [-0.25, -0.2) is 8.42 Å². The van der Waals surface area contributed by atoms with Gasteiger partial charge in [-0.2, -0.15) is 0 Å². The summed E-state index contributed by atoms with van der Waals surface area (Å²) in [6.45, 7) is 6.47. The number of rotatable bonds is 0. The molecule has 2 fully saturated rings. The first-order chi connectivity index (χ1) is 7.71. The highest BCUT2D eigenvalue weighted by atomic mass is 32.2. The van der Waals surface area contributed by atoms with Crippen LogP contribution in [0.5, 0.6) is 0 Å². The van der Waals surface area contributed by atoms with Crippen LogP contribution in [0.1, 0.15) is 20.8 Å². The van der Waals surface area contributed by atoms with E-state index in [1.807, 2.05) is 20.8 Å². The van der Waals surface area contributed by atoms with Crippen LogP contribution in [0.4, 0.5) is 0 Å². The third-order valence-corrected chi connectivity index (χ3v) is 4.92. The molecule has 2 atom stereocenters. The van der Waals surface area contributed by atoms with Crippen LogP contribution in [0.25, 0.3) is 0 Å². The van der Waals surface area contributed by atoms with Crippen LogP contribution in [0.3, 0.4) is 0 Å². The number of carbonyl (C=O) groups excluding carboxylic acids is 1. The quantitative estimate of drug-likeness (QED) is 0.618. The molecule has 2 unspecified atom stereocenters. The summed E-state index contributed by atoms with van der Waals surface area (Å²) in [5.41, 5.74) is -0.478. The molecule has 2 saturated heterocycles. The van der Waals surface area contributed by atoms with Crippen molar-refractivity contribution in [1.82, 2.24) is 4.90 Å². The van der Waals surface area contributed by atoms with Gasteiger partial charge in [0.1, 0.15) is 0 Å². The van der Waals surface area contributed by atoms with Gasteiger partial charge in [0, 0.05) is 12.0 Å². The maximum atomic E-state index is 12.2. The number of amides is 1. The summed E-state index contributed by atoms with van der Waals surface area (Å²) in [6.07, 6.45) is -0.333.